The minimum Gasteiger partial charge on any atom is -0.431 e. The first-order valence-electron chi connectivity index (χ1n) is 6.81. The van der Waals surface area contributed by atoms with Crippen LogP contribution in [0.4, 0.5) is 0 Å². The minimum atomic E-state index is -0.621. The maximum atomic E-state index is 11.8. The van der Waals surface area contributed by atoms with Gasteiger partial charge in [-0.2, -0.15) is 0 Å². The van der Waals surface area contributed by atoms with Crippen molar-refractivity contribution in [3.63, 3.8) is 0 Å². The van der Waals surface area contributed by atoms with Crippen molar-refractivity contribution in [2.24, 2.45) is 0 Å². The van der Waals surface area contributed by atoms with Crippen LogP contribution in [0, 0.1) is 0 Å². The van der Waals surface area contributed by atoms with Gasteiger partial charge in [-0.3, -0.25) is 0 Å². The lowest BCUT2D eigenvalue weighted by Gasteiger charge is -2.33. The molecule has 3 atom stereocenters. The molecule has 5 nitrogen and oxygen atoms in total. The summed E-state index contributed by atoms with van der Waals surface area (Å²) in [5, 5.41) is 0. The summed E-state index contributed by atoms with van der Waals surface area (Å²) in [7, 11) is 0. The number of fused-ring (bicyclic) bond motifs is 1. The number of hydrogen-bond acceptors (Lipinski definition) is 5. The molecule has 0 unspecified atom stereocenters. The first-order valence-corrected chi connectivity index (χ1v) is 6.81. The van der Waals surface area contributed by atoms with E-state index in [9.17, 15) is 4.79 Å². The van der Waals surface area contributed by atoms with E-state index in [-0.39, 0.29) is 12.1 Å². The molecule has 3 fully saturated rings. The molecule has 1 spiro atoms. The molecule has 102 valence electrons. The van der Waals surface area contributed by atoms with Crippen LogP contribution in [0.3, 0.4) is 0 Å². The van der Waals surface area contributed by atoms with E-state index in [4.69, 9.17) is 18.9 Å². The van der Waals surface area contributed by atoms with Crippen LogP contribution in [0.15, 0.2) is 0 Å². The van der Waals surface area contributed by atoms with Gasteiger partial charge in [-0.15, -0.1) is 0 Å². The summed E-state index contributed by atoms with van der Waals surface area (Å²) >= 11 is 0. The highest BCUT2D eigenvalue weighted by Crippen LogP contribution is 2.44. The Hall–Kier alpha value is -0.650. The van der Waals surface area contributed by atoms with Crippen molar-refractivity contribution in [1.82, 2.24) is 0 Å². The Morgan fingerprint density at radius 1 is 1.22 bits per heavy atom. The molecule has 1 aliphatic carbocycles. The highest BCUT2D eigenvalue weighted by Gasteiger charge is 2.59. The number of esters is 1. The Balaban J connectivity index is 1.73. The summed E-state index contributed by atoms with van der Waals surface area (Å²) in [6.45, 7) is 3.82. The standard InChI is InChI=1S/C13H20O5/c1-8(2)15-12-10-9(11(14)16-12)17-13(18-10)6-4-3-5-7-13/h8-10,12H,3-7H2,1-2H3/t9-,10+,12+/m1/s1. The molecule has 1 saturated carbocycles. The smallest absolute Gasteiger partial charge is 0.340 e. The first kappa shape index (κ1) is 12.4. The van der Waals surface area contributed by atoms with Crippen molar-refractivity contribution in [3.05, 3.63) is 0 Å². The van der Waals surface area contributed by atoms with Crippen molar-refractivity contribution in [2.45, 2.75) is 76.3 Å². The number of ether oxygens (including phenoxy) is 4. The maximum Gasteiger partial charge on any atom is 0.340 e. The van der Waals surface area contributed by atoms with Gasteiger partial charge >= 0.3 is 5.97 Å². The molecule has 3 rings (SSSR count). The second-order valence-electron chi connectivity index (χ2n) is 5.58. The number of hydrogen-bond donors (Lipinski definition) is 0. The third-order valence-corrected chi connectivity index (χ3v) is 3.75. The molecule has 0 aromatic heterocycles. The van der Waals surface area contributed by atoms with E-state index in [1.165, 1.54) is 6.42 Å². The molecule has 2 aliphatic heterocycles. The maximum absolute atomic E-state index is 11.8. The van der Waals surface area contributed by atoms with Crippen LogP contribution in [0.2, 0.25) is 0 Å². The Morgan fingerprint density at radius 2 is 1.94 bits per heavy atom. The van der Waals surface area contributed by atoms with Crippen LogP contribution in [0.25, 0.3) is 0 Å². The lowest BCUT2D eigenvalue weighted by Crippen LogP contribution is -2.37. The Kier molecular flexibility index (Phi) is 3.08. The quantitative estimate of drug-likeness (QED) is 0.704. The van der Waals surface area contributed by atoms with Crippen molar-refractivity contribution in [2.75, 3.05) is 0 Å². The first-order chi connectivity index (χ1) is 8.60. The van der Waals surface area contributed by atoms with Crippen LogP contribution < -0.4 is 0 Å². The molecule has 0 radical (unpaired) electrons. The third kappa shape index (κ3) is 2.04. The topological polar surface area (TPSA) is 54.0 Å². The van der Waals surface area contributed by atoms with Gasteiger partial charge in [0.15, 0.2) is 18.0 Å². The van der Waals surface area contributed by atoms with Crippen molar-refractivity contribution in [1.29, 1.82) is 0 Å². The minimum absolute atomic E-state index is 0.00643. The largest absolute Gasteiger partial charge is 0.431 e. The summed E-state index contributed by atoms with van der Waals surface area (Å²) in [6, 6.07) is 0. The summed E-state index contributed by atoms with van der Waals surface area (Å²) in [5.74, 6) is -0.917. The molecule has 3 aliphatic rings. The van der Waals surface area contributed by atoms with Crippen LogP contribution in [0.1, 0.15) is 46.0 Å². The summed E-state index contributed by atoms with van der Waals surface area (Å²) < 4.78 is 22.6. The third-order valence-electron chi connectivity index (χ3n) is 3.75. The van der Waals surface area contributed by atoms with Gasteiger partial charge in [0, 0.05) is 12.8 Å². The van der Waals surface area contributed by atoms with Crippen LogP contribution in [-0.4, -0.2) is 36.4 Å². The van der Waals surface area contributed by atoms with Gasteiger partial charge in [0.1, 0.15) is 0 Å². The predicted octanol–water partition coefficient (Wildman–Crippen LogP) is 1.74. The zero-order valence-corrected chi connectivity index (χ0v) is 10.9. The molecule has 0 bridgehead atoms. The molecule has 2 heterocycles. The van der Waals surface area contributed by atoms with E-state index in [1.807, 2.05) is 13.8 Å². The second kappa shape index (κ2) is 4.47. The zero-order chi connectivity index (χ0) is 12.8. The van der Waals surface area contributed by atoms with Crippen molar-refractivity contribution < 1.29 is 23.7 Å². The number of rotatable bonds is 2. The fourth-order valence-electron chi connectivity index (χ4n) is 2.96. The molecule has 2 saturated heterocycles. The van der Waals surface area contributed by atoms with E-state index in [2.05, 4.69) is 0 Å². The Bertz CT molecular complexity index is 334. The average Bonchev–Trinajstić information content (AvgIpc) is 2.79. The average molecular weight is 256 g/mol. The van der Waals surface area contributed by atoms with Gasteiger partial charge in [-0.25, -0.2) is 4.79 Å². The lowest BCUT2D eigenvalue weighted by molar-refractivity contribution is -0.246. The number of cyclic esters (lactones) is 1. The van der Waals surface area contributed by atoms with Gasteiger partial charge in [0.05, 0.1) is 6.10 Å². The van der Waals surface area contributed by atoms with Crippen LogP contribution in [-0.2, 0) is 23.7 Å². The molecule has 0 N–H and O–H groups in total. The monoisotopic (exact) mass is 256 g/mol. The molecule has 0 aromatic rings. The second-order valence-corrected chi connectivity index (χ2v) is 5.58. The molecular formula is C13H20O5. The molecule has 0 aromatic carbocycles. The van der Waals surface area contributed by atoms with E-state index in [0.29, 0.717) is 0 Å². The predicted molar refractivity (Wildman–Crippen MR) is 61.7 cm³/mol. The highest BCUT2D eigenvalue weighted by molar-refractivity contribution is 5.78. The Morgan fingerprint density at radius 3 is 2.61 bits per heavy atom. The molecule has 0 amide bonds. The Labute approximate surface area is 107 Å². The fourth-order valence-corrected chi connectivity index (χ4v) is 2.96. The lowest BCUT2D eigenvalue weighted by atomic mass is 9.94. The van der Waals surface area contributed by atoms with E-state index < -0.39 is 24.3 Å². The van der Waals surface area contributed by atoms with E-state index >= 15 is 0 Å². The van der Waals surface area contributed by atoms with Gasteiger partial charge in [0.2, 0.25) is 6.29 Å². The number of carbonyl (C=O) groups is 1. The van der Waals surface area contributed by atoms with E-state index in [1.54, 1.807) is 0 Å². The van der Waals surface area contributed by atoms with Gasteiger partial charge < -0.3 is 18.9 Å². The normalized spacial score (nSPS) is 38.2. The SMILES string of the molecule is CC(C)O[C@H]1OC(=O)[C@@H]2OC3(CCCCC3)O[C@H]12. The highest BCUT2D eigenvalue weighted by atomic mass is 16.8. The van der Waals surface area contributed by atoms with Gasteiger partial charge in [0.25, 0.3) is 0 Å². The fraction of sp³-hybridized carbons (Fsp3) is 0.923. The summed E-state index contributed by atoms with van der Waals surface area (Å²) in [5.41, 5.74) is 0. The van der Waals surface area contributed by atoms with Crippen molar-refractivity contribution in [3.8, 4) is 0 Å². The summed E-state index contributed by atoms with van der Waals surface area (Å²) in [6.07, 6.45) is 3.47. The summed E-state index contributed by atoms with van der Waals surface area (Å²) in [4.78, 5) is 11.8. The molecular weight excluding hydrogens is 236 g/mol. The van der Waals surface area contributed by atoms with Gasteiger partial charge in [-0.1, -0.05) is 6.42 Å². The molecule has 5 heteroatoms. The number of carbonyl (C=O) groups excluding carboxylic acids is 1. The van der Waals surface area contributed by atoms with Crippen LogP contribution >= 0.6 is 0 Å². The molecule has 18 heavy (non-hydrogen) atoms. The van der Waals surface area contributed by atoms with Gasteiger partial charge in [-0.05, 0) is 26.7 Å². The zero-order valence-electron chi connectivity index (χ0n) is 10.9. The van der Waals surface area contributed by atoms with Crippen molar-refractivity contribution >= 4 is 5.97 Å². The van der Waals surface area contributed by atoms with Crippen LogP contribution in [0.5, 0.6) is 0 Å². The van der Waals surface area contributed by atoms with E-state index in [0.717, 1.165) is 25.7 Å².